The van der Waals surface area contributed by atoms with E-state index in [2.05, 4.69) is 20.8 Å². The van der Waals surface area contributed by atoms with E-state index in [1.165, 1.54) is 0 Å². The molecule has 0 spiro atoms. The van der Waals surface area contributed by atoms with Gasteiger partial charge in [-0.2, -0.15) is 0 Å². The van der Waals surface area contributed by atoms with Crippen LogP contribution in [0.4, 0.5) is 0 Å². The zero-order chi connectivity index (χ0) is 29.0. The first-order valence-corrected chi connectivity index (χ1v) is 15.5. The predicted molar refractivity (Wildman–Crippen MR) is 160 cm³/mol. The van der Waals surface area contributed by atoms with Crippen molar-refractivity contribution in [2.45, 2.75) is 110 Å². The normalized spacial score (nSPS) is 24.8. The summed E-state index contributed by atoms with van der Waals surface area (Å²) < 4.78 is 31.2. The molecule has 0 aromatic heterocycles. The van der Waals surface area contributed by atoms with Gasteiger partial charge in [-0.05, 0) is 74.9 Å². The molecule has 40 heavy (non-hydrogen) atoms. The summed E-state index contributed by atoms with van der Waals surface area (Å²) in [4.78, 5) is 0. The molecule has 1 fully saturated rings. The number of hydrogen-bond donors (Lipinski definition) is 1. The molecule has 0 saturated carbocycles. The SMILES string of the molecule is CCCCOC1C(C)OC(O)(c2ccc(Cl)c(Cc3ccc(OCC)cc3)c2)C(OCCCC)C1OCCCC. The molecule has 0 aliphatic carbocycles. The van der Waals surface area contributed by atoms with E-state index in [1.54, 1.807) is 0 Å². The second-order valence-electron chi connectivity index (χ2n) is 10.6. The first kappa shape index (κ1) is 32.8. The second-order valence-corrected chi connectivity index (χ2v) is 11.0. The van der Waals surface area contributed by atoms with E-state index in [9.17, 15) is 5.11 Å². The zero-order valence-electron chi connectivity index (χ0n) is 25.0. The van der Waals surface area contributed by atoms with E-state index in [-0.39, 0.29) is 6.10 Å². The molecule has 1 N–H and O–H groups in total. The van der Waals surface area contributed by atoms with Gasteiger partial charge in [0.2, 0.25) is 5.79 Å². The van der Waals surface area contributed by atoms with Crippen LogP contribution in [0.2, 0.25) is 5.02 Å². The van der Waals surface area contributed by atoms with Gasteiger partial charge in [0.15, 0.2) is 0 Å². The number of halogens is 1. The lowest BCUT2D eigenvalue weighted by molar-refractivity contribution is -0.368. The highest BCUT2D eigenvalue weighted by Gasteiger charge is 2.56. The van der Waals surface area contributed by atoms with Crippen molar-refractivity contribution in [2.24, 2.45) is 0 Å². The van der Waals surface area contributed by atoms with E-state index in [4.69, 9.17) is 35.3 Å². The summed E-state index contributed by atoms with van der Waals surface area (Å²) in [6.45, 7) is 12.6. The quantitative estimate of drug-likeness (QED) is 0.197. The Balaban J connectivity index is 1.96. The molecule has 3 rings (SSSR count). The Morgan fingerprint density at radius 1 is 0.825 bits per heavy atom. The van der Waals surface area contributed by atoms with Crippen LogP contribution in [0.3, 0.4) is 0 Å². The van der Waals surface area contributed by atoms with Crippen LogP contribution in [-0.4, -0.2) is 55.9 Å². The minimum absolute atomic E-state index is 0.356. The second kappa shape index (κ2) is 16.7. The van der Waals surface area contributed by atoms with E-state index in [0.29, 0.717) is 43.4 Å². The molecule has 0 bridgehead atoms. The van der Waals surface area contributed by atoms with Crippen molar-refractivity contribution in [1.82, 2.24) is 0 Å². The van der Waals surface area contributed by atoms with Crippen LogP contribution in [0.25, 0.3) is 0 Å². The Labute approximate surface area is 246 Å². The maximum absolute atomic E-state index is 12.3. The van der Waals surface area contributed by atoms with E-state index < -0.39 is 24.1 Å². The third-order valence-electron chi connectivity index (χ3n) is 7.34. The maximum Gasteiger partial charge on any atom is 0.222 e. The molecule has 6 nitrogen and oxygen atoms in total. The van der Waals surface area contributed by atoms with Crippen molar-refractivity contribution in [3.63, 3.8) is 0 Å². The summed E-state index contributed by atoms with van der Waals surface area (Å²) in [6.07, 6.45) is 4.34. The number of rotatable bonds is 17. The van der Waals surface area contributed by atoms with Crippen LogP contribution in [0.1, 0.15) is 89.8 Å². The standard InChI is InChI=1S/C33H49ClO6/c1-6-10-19-37-30-24(5)40-33(35,32(39-21-12-8-3)31(30)38-20-11-7-2)27-15-18-29(34)26(23-27)22-25-13-16-28(17-14-25)36-9-4/h13-18,23-24,30-32,35H,6-12,19-22H2,1-5H3. The van der Waals surface area contributed by atoms with Crippen molar-refractivity contribution >= 4 is 11.6 Å². The Bertz CT molecular complexity index is 999. The zero-order valence-corrected chi connectivity index (χ0v) is 25.8. The Morgan fingerprint density at radius 3 is 2.02 bits per heavy atom. The molecular formula is C33H49ClO6. The highest BCUT2D eigenvalue weighted by Crippen LogP contribution is 2.41. The molecule has 1 saturated heterocycles. The summed E-state index contributed by atoms with van der Waals surface area (Å²) in [5.74, 6) is -0.894. The monoisotopic (exact) mass is 576 g/mol. The highest BCUT2D eigenvalue weighted by molar-refractivity contribution is 6.31. The molecular weight excluding hydrogens is 528 g/mol. The highest BCUT2D eigenvalue weighted by atomic mass is 35.5. The first-order chi connectivity index (χ1) is 19.4. The summed E-state index contributed by atoms with van der Waals surface area (Å²) in [7, 11) is 0. The fourth-order valence-corrected chi connectivity index (χ4v) is 5.22. The molecule has 7 heteroatoms. The lowest BCUT2D eigenvalue weighted by Gasteiger charge is -2.50. The van der Waals surface area contributed by atoms with Gasteiger partial charge >= 0.3 is 0 Å². The molecule has 224 valence electrons. The number of hydrogen-bond acceptors (Lipinski definition) is 6. The summed E-state index contributed by atoms with van der Waals surface area (Å²) in [6, 6.07) is 13.6. The molecule has 0 radical (unpaired) electrons. The maximum atomic E-state index is 12.3. The molecule has 2 aromatic carbocycles. The average molecular weight is 577 g/mol. The van der Waals surface area contributed by atoms with Crippen molar-refractivity contribution in [1.29, 1.82) is 0 Å². The third kappa shape index (κ3) is 8.67. The van der Waals surface area contributed by atoms with Gasteiger partial charge in [0.25, 0.3) is 0 Å². The van der Waals surface area contributed by atoms with Crippen molar-refractivity contribution in [3.05, 3.63) is 64.2 Å². The van der Waals surface area contributed by atoms with Crippen LogP contribution < -0.4 is 4.74 Å². The van der Waals surface area contributed by atoms with E-state index in [0.717, 1.165) is 55.4 Å². The molecule has 5 atom stereocenters. The van der Waals surface area contributed by atoms with E-state index >= 15 is 0 Å². The summed E-state index contributed by atoms with van der Waals surface area (Å²) >= 11 is 6.66. The molecule has 2 aromatic rings. The van der Waals surface area contributed by atoms with Gasteiger partial charge in [-0.25, -0.2) is 0 Å². The Morgan fingerprint density at radius 2 is 1.43 bits per heavy atom. The minimum atomic E-state index is -1.73. The molecule has 0 amide bonds. The van der Waals surface area contributed by atoms with Crippen molar-refractivity contribution in [3.8, 4) is 5.75 Å². The molecule has 1 heterocycles. The lowest BCUT2D eigenvalue weighted by Crippen LogP contribution is -2.64. The summed E-state index contributed by atoms with van der Waals surface area (Å²) in [5, 5.41) is 13.0. The van der Waals surface area contributed by atoms with Crippen LogP contribution in [0, 0.1) is 0 Å². The van der Waals surface area contributed by atoms with Gasteiger partial charge in [-0.1, -0.05) is 69.8 Å². The first-order valence-electron chi connectivity index (χ1n) is 15.1. The van der Waals surface area contributed by atoms with E-state index in [1.807, 2.05) is 56.3 Å². The predicted octanol–water partition coefficient (Wildman–Crippen LogP) is 7.45. The van der Waals surface area contributed by atoms with Gasteiger partial charge in [0.1, 0.15) is 24.1 Å². The molecule has 1 aliphatic heterocycles. The van der Waals surface area contributed by atoms with Crippen molar-refractivity contribution < 1.29 is 28.8 Å². The number of ether oxygens (including phenoxy) is 5. The topological polar surface area (TPSA) is 66.4 Å². The van der Waals surface area contributed by atoms with Crippen LogP contribution in [0.15, 0.2) is 42.5 Å². The van der Waals surface area contributed by atoms with Gasteiger partial charge in [-0.3, -0.25) is 0 Å². The summed E-state index contributed by atoms with van der Waals surface area (Å²) in [5.41, 5.74) is 2.58. The van der Waals surface area contributed by atoms with Crippen LogP contribution in [-0.2, 0) is 31.2 Å². The minimum Gasteiger partial charge on any atom is -0.494 e. The number of benzene rings is 2. The Hall–Kier alpha value is -1.67. The Kier molecular flexibility index (Phi) is 13.7. The molecule has 5 unspecified atom stereocenters. The largest absolute Gasteiger partial charge is 0.494 e. The fourth-order valence-electron chi connectivity index (χ4n) is 5.04. The fraction of sp³-hybridized carbons (Fsp3) is 0.636. The van der Waals surface area contributed by atoms with Gasteiger partial charge in [0, 0.05) is 30.4 Å². The third-order valence-corrected chi connectivity index (χ3v) is 7.70. The van der Waals surface area contributed by atoms with Gasteiger partial charge in [-0.15, -0.1) is 0 Å². The number of unbranched alkanes of at least 4 members (excludes halogenated alkanes) is 3. The average Bonchev–Trinajstić information content (AvgIpc) is 2.94. The van der Waals surface area contributed by atoms with Crippen LogP contribution in [0.5, 0.6) is 5.75 Å². The lowest BCUT2D eigenvalue weighted by atomic mass is 9.86. The van der Waals surface area contributed by atoms with Gasteiger partial charge in [0.05, 0.1) is 12.7 Å². The van der Waals surface area contributed by atoms with Crippen molar-refractivity contribution in [2.75, 3.05) is 26.4 Å². The van der Waals surface area contributed by atoms with Crippen LogP contribution >= 0.6 is 11.6 Å². The molecule has 1 aliphatic rings. The smallest absolute Gasteiger partial charge is 0.222 e. The van der Waals surface area contributed by atoms with Gasteiger partial charge < -0.3 is 28.8 Å². The number of aliphatic hydroxyl groups is 1.